The summed E-state index contributed by atoms with van der Waals surface area (Å²) in [4.78, 5) is 28.1. The minimum atomic E-state index is -3.89. The number of halogens is 1. The van der Waals surface area contributed by atoms with Gasteiger partial charge in [-0.25, -0.2) is 8.42 Å². The Bertz CT molecular complexity index is 1150. The highest BCUT2D eigenvalue weighted by atomic mass is 79.9. The summed E-state index contributed by atoms with van der Waals surface area (Å²) in [6.45, 7) is -0.276. The number of nitrogens with one attached hydrogen (secondary N) is 3. The molecule has 2 amide bonds. The van der Waals surface area contributed by atoms with E-state index < -0.39 is 21.8 Å². The first-order valence-corrected chi connectivity index (χ1v) is 11.0. The molecule has 0 atom stereocenters. The highest BCUT2D eigenvalue weighted by Crippen LogP contribution is 2.19. The standard InChI is InChI=1S/C20H17BrN4O4S/c21-15-6-8-16(9-7-15)25-30(28,29)18-5-1-3-14(11-18)20(27)23-13-19(26)24-17-4-2-10-22-12-17/h1-12,25H,13H2,(H,23,27)(H,24,26). The van der Waals surface area contributed by atoms with Crippen LogP contribution >= 0.6 is 15.9 Å². The van der Waals surface area contributed by atoms with Crippen LogP contribution in [0.15, 0.2) is 82.4 Å². The van der Waals surface area contributed by atoms with Gasteiger partial charge >= 0.3 is 0 Å². The lowest BCUT2D eigenvalue weighted by atomic mass is 10.2. The maximum Gasteiger partial charge on any atom is 0.261 e. The molecule has 0 fully saturated rings. The molecule has 0 aliphatic heterocycles. The fourth-order valence-electron chi connectivity index (χ4n) is 2.44. The molecule has 3 rings (SSSR count). The second-order valence-corrected chi connectivity index (χ2v) is 8.71. The number of carbonyl (C=O) groups is 2. The Hall–Kier alpha value is -3.24. The zero-order valence-corrected chi connectivity index (χ0v) is 17.9. The van der Waals surface area contributed by atoms with Crippen molar-refractivity contribution in [2.24, 2.45) is 0 Å². The monoisotopic (exact) mass is 488 g/mol. The molecule has 1 aromatic heterocycles. The van der Waals surface area contributed by atoms with Crippen molar-refractivity contribution in [1.82, 2.24) is 10.3 Å². The Labute approximate surface area is 181 Å². The van der Waals surface area contributed by atoms with E-state index in [2.05, 4.69) is 36.3 Å². The first-order valence-electron chi connectivity index (χ1n) is 8.70. The van der Waals surface area contributed by atoms with Crippen molar-refractivity contribution in [2.45, 2.75) is 4.90 Å². The Balaban J connectivity index is 1.64. The number of nitrogens with zero attached hydrogens (tertiary/aromatic N) is 1. The van der Waals surface area contributed by atoms with Gasteiger partial charge in [-0.05, 0) is 54.6 Å². The average Bonchev–Trinajstić information content (AvgIpc) is 2.74. The molecule has 0 saturated heterocycles. The minimum Gasteiger partial charge on any atom is -0.343 e. The van der Waals surface area contributed by atoms with Gasteiger partial charge in [0, 0.05) is 21.9 Å². The number of pyridine rings is 1. The molecule has 0 saturated carbocycles. The first kappa shape index (κ1) is 21.5. The quantitative estimate of drug-likeness (QED) is 0.472. The van der Waals surface area contributed by atoms with Crippen molar-refractivity contribution in [3.63, 3.8) is 0 Å². The molecule has 0 spiro atoms. The van der Waals surface area contributed by atoms with E-state index in [1.807, 2.05) is 0 Å². The lowest BCUT2D eigenvalue weighted by Gasteiger charge is -2.10. The highest BCUT2D eigenvalue weighted by molar-refractivity contribution is 9.10. The largest absolute Gasteiger partial charge is 0.343 e. The number of anilines is 2. The van der Waals surface area contributed by atoms with Crippen LogP contribution in [-0.2, 0) is 14.8 Å². The Morgan fingerprint density at radius 3 is 2.43 bits per heavy atom. The second kappa shape index (κ2) is 9.51. The molecular weight excluding hydrogens is 472 g/mol. The van der Waals surface area contributed by atoms with Crippen LogP contribution in [0.25, 0.3) is 0 Å². The number of carbonyl (C=O) groups excluding carboxylic acids is 2. The van der Waals surface area contributed by atoms with Crippen molar-refractivity contribution >= 4 is 49.1 Å². The Morgan fingerprint density at radius 2 is 1.73 bits per heavy atom. The molecule has 0 unspecified atom stereocenters. The third-order valence-corrected chi connectivity index (χ3v) is 5.77. The lowest BCUT2D eigenvalue weighted by Crippen LogP contribution is -2.33. The van der Waals surface area contributed by atoms with Crippen LogP contribution in [0.3, 0.4) is 0 Å². The van der Waals surface area contributed by atoms with Crippen molar-refractivity contribution in [3.05, 3.63) is 83.1 Å². The van der Waals surface area contributed by atoms with E-state index in [9.17, 15) is 18.0 Å². The van der Waals surface area contributed by atoms with Gasteiger partial charge in [0.05, 0.1) is 23.3 Å². The Morgan fingerprint density at radius 1 is 0.967 bits per heavy atom. The van der Waals surface area contributed by atoms with Crippen LogP contribution in [0, 0.1) is 0 Å². The zero-order chi connectivity index (χ0) is 21.6. The second-order valence-electron chi connectivity index (χ2n) is 6.11. The third kappa shape index (κ3) is 5.88. The van der Waals surface area contributed by atoms with E-state index in [4.69, 9.17) is 0 Å². The number of sulfonamides is 1. The molecule has 30 heavy (non-hydrogen) atoms. The highest BCUT2D eigenvalue weighted by Gasteiger charge is 2.17. The molecule has 10 heteroatoms. The Kier molecular flexibility index (Phi) is 6.80. The van der Waals surface area contributed by atoms with Gasteiger partial charge in [-0.15, -0.1) is 0 Å². The fraction of sp³-hybridized carbons (Fsp3) is 0.0500. The summed E-state index contributed by atoms with van der Waals surface area (Å²) in [6, 6.07) is 15.5. The number of rotatable bonds is 7. The van der Waals surface area contributed by atoms with Gasteiger partial charge in [-0.3, -0.25) is 19.3 Å². The predicted molar refractivity (Wildman–Crippen MR) is 117 cm³/mol. The molecule has 8 nitrogen and oxygen atoms in total. The number of hydrogen-bond donors (Lipinski definition) is 3. The molecule has 3 aromatic rings. The van der Waals surface area contributed by atoms with Crippen LogP contribution in [0.5, 0.6) is 0 Å². The maximum absolute atomic E-state index is 12.6. The van der Waals surface area contributed by atoms with E-state index >= 15 is 0 Å². The van der Waals surface area contributed by atoms with Crippen LogP contribution in [0.1, 0.15) is 10.4 Å². The number of benzene rings is 2. The molecular formula is C20H17BrN4O4S. The van der Waals surface area contributed by atoms with Crippen LogP contribution in [0.2, 0.25) is 0 Å². The van der Waals surface area contributed by atoms with Crippen molar-refractivity contribution in [2.75, 3.05) is 16.6 Å². The average molecular weight is 489 g/mol. The summed E-state index contributed by atoms with van der Waals surface area (Å²) < 4.78 is 28.5. The van der Waals surface area contributed by atoms with Gasteiger partial charge in [0.25, 0.3) is 15.9 Å². The topological polar surface area (TPSA) is 117 Å². The summed E-state index contributed by atoms with van der Waals surface area (Å²) in [5.41, 5.74) is 1.01. The zero-order valence-electron chi connectivity index (χ0n) is 15.5. The predicted octanol–water partition coefficient (Wildman–Crippen LogP) is 3.01. The van der Waals surface area contributed by atoms with E-state index in [1.54, 1.807) is 42.6 Å². The van der Waals surface area contributed by atoms with Gasteiger partial charge in [-0.1, -0.05) is 22.0 Å². The summed E-state index contributed by atoms with van der Waals surface area (Å²) >= 11 is 3.29. The van der Waals surface area contributed by atoms with Crippen LogP contribution < -0.4 is 15.4 Å². The molecule has 0 aliphatic rings. The van der Waals surface area contributed by atoms with E-state index in [0.29, 0.717) is 11.4 Å². The van der Waals surface area contributed by atoms with Gasteiger partial charge in [0.1, 0.15) is 0 Å². The van der Waals surface area contributed by atoms with E-state index in [0.717, 1.165) is 4.47 Å². The number of amides is 2. The number of aromatic nitrogens is 1. The van der Waals surface area contributed by atoms with Gasteiger partial charge in [-0.2, -0.15) is 0 Å². The van der Waals surface area contributed by atoms with Gasteiger partial charge in [0.15, 0.2) is 0 Å². The van der Waals surface area contributed by atoms with Crippen molar-refractivity contribution < 1.29 is 18.0 Å². The number of hydrogen-bond acceptors (Lipinski definition) is 5. The summed E-state index contributed by atoms with van der Waals surface area (Å²) in [6.07, 6.45) is 3.05. The molecule has 3 N–H and O–H groups in total. The lowest BCUT2D eigenvalue weighted by molar-refractivity contribution is -0.115. The van der Waals surface area contributed by atoms with Gasteiger partial charge < -0.3 is 10.6 Å². The molecule has 0 aliphatic carbocycles. The minimum absolute atomic E-state index is 0.0714. The van der Waals surface area contributed by atoms with E-state index in [1.165, 1.54) is 30.5 Å². The molecule has 1 heterocycles. The normalized spacial score (nSPS) is 10.8. The van der Waals surface area contributed by atoms with Crippen LogP contribution in [-0.4, -0.2) is 31.8 Å². The molecule has 2 aromatic carbocycles. The SMILES string of the molecule is O=C(CNC(=O)c1cccc(S(=O)(=O)Nc2ccc(Br)cc2)c1)Nc1cccnc1. The van der Waals surface area contributed by atoms with Gasteiger partial charge in [0.2, 0.25) is 5.91 Å². The van der Waals surface area contributed by atoms with Crippen molar-refractivity contribution in [1.29, 1.82) is 0 Å². The fourth-order valence-corrected chi connectivity index (χ4v) is 3.81. The first-order chi connectivity index (χ1) is 14.3. The molecule has 0 bridgehead atoms. The maximum atomic E-state index is 12.6. The third-order valence-electron chi connectivity index (χ3n) is 3.86. The van der Waals surface area contributed by atoms with Crippen molar-refractivity contribution in [3.8, 4) is 0 Å². The summed E-state index contributed by atoms with van der Waals surface area (Å²) in [7, 11) is -3.89. The van der Waals surface area contributed by atoms with E-state index in [-0.39, 0.29) is 17.0 Å². The smallest absolute Gasteiger partial charge is 0.261 e. The summed E-state index contributed by atoms with van der Waals surface area (Å²) in [5, 5.41) is 5.05. The summed E-state index contributed by atoms with van der Waals surface area (Å²) in [5.74, 6) is -1.01. The van der Waals surface area contributed by atoms with Crippen LogP contribution in [0.4, 0.5) is 11.4 Å². The molecule has 0 radical (unpaired) electrons. The molecule has 154 valence electrons.